The number of hydrogen-bond acceptors (Lipinski definition) is 4. The van der Waals surface area contributed by atoms with E-state index < -0.39 is 7.12 Å². The van der Waals surface area contributed by atoms with Gasteiger partial charge in [-0.15, -0.1) is 0 Å². The Balaban J connectivity index is 2.53. The second-order valence-electron chi connectivity index (χ2n) is 3.68. The molecule has 17 heavy (non-hydrogen) atoms. The first kappa shape index (κ1) is 11.4. The van der Waals surface area contributed by atoms with Crippen LogP contribution in [-0.2, 0) is 0 Å². The average molecular weight is 227 g/mol. The molecule has 1 heterocycles. The van der Waals surface area contributed by atoms with Crippen LogP contribution in [0.1, 0.15) is 11.3 Å². The van der Waals surface area contributed by atoms with Crippen molar-refractivity contribution in [3.8, 4) is 11.8 Å². The van der Waals surface area contributed by atoms with Gasteiger partial charge in [-0.05, 0) is 24.5 Å². The first-order chi connectivity index (χ1) is 8.11. The summed E-state index contributed by atoms with van der Waals surface area (Å²) in [4.78, 5) is 4.08. The van der Waals surface area contributed by atoms with Gasteiger partial charge in [-0.2, -0.15) is 5.26 Å². The number of nitrogens with zero attached hydrogens (tertiary/aromatic N) is 3. The lowest BCUT2D eigenvalue weighted by molar-refractivity contribution is 0.426. The summed E-state index contributed by atoms with van der Waals surface area (Å²) < 4.78 is 1.72. The van der Waals surface area contributed by atoms with E-state index in [9.17, 15) is 0 Å². The van der Waals surface area contributed by atoms with Crippen molar-refractivity contribution in [2.75, 3.05) is 0 Å². The van der Waals surface area contributed by atoms with Crippen LogP contribution in [0.3, 0.4) is 0 Å². The Kier molecular flexibility index (Phi) is 2.96. The van der Waals surface area contributed by atoms with Crippen molar-refractivity contribution in [2.24, 2.45) is 0 Å². The minimum absolute atomic E-state index is 0.294. The smallest absolute Gasteiger partial charge is 0.423 e. The van der Waals surface area contributed by atoms with Gasteiger partial charge in [0.15, 0.2) is 0 Å². The van der Waals surface area contributed by atoms with Crippen LogP contribution in [0, 0.1) is 18.3 Å². The Bertz CT molecular complexity index is 587. The average Bonchev–Trinajstić information content (AvgIpc) is 2.74. The Morgan fingerprint density at radius 2 is 2.18 bits per heavy atom. The summed E-state index contributed by atoms with van der Waals surface area (Å²) in [7, 11) is -1.57. The van der Waals surface area contributed by atoms with Crippen LogP contribution in [0.2, 0.25) is 0 Å². The predicted octanol–water partition coefficient (Wildman–Crippen LogP) is -0.268. The van der Waals surface area contributed by atoms with Crippen LogP contribution in [0.4, 0.5) is 0 Å². The Morgan fingerprint density at radius 1 is 1.41 bits per heavy atom. The SMILES string of the molecule is Cc1cn(-c2ccc(B(O)O)cc2C#N)cn1. The molecule has 0 aliphatic carbocycles. The summed E-state index contributed by atoms with van der Waals surface area (Å²) in [6, 6.07) is 6.71. The lowest BCUT2D eigenvalue weighted by atomic mass is 9.79. The van der Waals surface area contributed by atoms with Gasteiger partial charge < -0.3 is 14.6 Å². The van der Waals surface area contributed by atoms with Gasteiger partial charge in [0.2, 0.25) is 0 Å². The van der Waals surface area contributed by atoms with Crippen LogP contribution in [0.25, 0.3) is 5.69 Å². The van der Waals surface area contributed by atoms with E-state index in [2.05, 4.69) is 4.98 Å². The van der Waals surface area contributed by atoms with Crippen LogP contribution in [0.15, 0.2) is 30.7 Å². The molecule has 6 heteroatoms. The number of aromatic nitrogens is 2. The zero-order chi connectivity index (χ0) is 12.4. The molecule has 0 aliphatic heterocycles. The molecule has 0 aliphatic rings. The Labute approximate surface area is 98.7 Å². The second kappa shape index (κ2) is 4.41. The van der Waals surface area contributed by atoms with Crippen LogP contribution in [0.5, 0.6) is 0 Å². The largest absolute Gasteiger partial charge is 0.488 e. The molecule has 0 bridgehead atoms. The van der Waals surface area contributed by atoms with Crippen LogP contribution in [-0.4, -0.2) is 26.7 Å². The molecule has 0 atom stereocenters. The van der Waals surface area contributed by atoms with E-state index in [0.717, 1.165) is 5.69 Å². The highest BCUT2D eigenvalue weighted by molar-refractivity contribution is 6.58. The third kappa shape index (κ3) is 2.20. The van der Waals surface area contributed by atoms with Gasteiger partial charge in [-0.3, -0.25) is 0 Å². The fraction of sp³-hybridized carbons (Fsp3) is 0.0909. The number of rotatable bonds is 2. The van der Waals surface area contributed by atoms with Crippen molar-refractivity contribution in [1.29, 1.82) is 5.26 Å². The first-order valence-electron chi connectivity index (χ1n) is 5.03. The number of aryl methyl sites for hydroxylation is 1. The molecule has 0 spiro atoms. The maximum atomic E-state index is 9.05. The summed E-state index contributed by atoms with van der Waals surface area (Å²) in [5.74, 6) is 0. The summed E-state index contributed by atoms with van der Waals surface area (Å²) in [5.41, 5.74) is 2.17. The van der Waals surface area contributed by atoms with Gasteiger partial charge in [0.25, 0.3) is 0 Å². The highest BCUT2D eigenvalue weighted by atomic mass is 16.4. The van der Waals surface area contributed by atoms with E-state index in [1.807, 2.05) is 13.0 Å². The summed E-state index contributed by atoms with van der Waals surface area (Å²) in [6.07, 6.45) is 3.41. The molecule has 2 rings (SSSR count). The summed E-state index contributed by atoms with van der Waals surface area (Å²) in [5, 5.41) is 27.1. The molecule has 0 unspecified atom stereocenters. The van der Waals surface area contributed by atoms with Crippen LogP contribution < -0.4 is 5.46 Å². The Hall–Kier alpha value is -2.10. The maximum absolute atomic E-state index is 9.05. The lowest BCUT2D eigenvalue weighted by Crippen LogP contribution is -2.30. The molecule has 5 nitrogen and oxygen atoms in total. The summed E-state index contributed by atoms with van der Waals surface area (Å²) in [6.45, 7) is 1.86. The Morgan fingerprint density at radius 3 is 2.71 bits per heavy atom. The number of imidazole rings is 1. The molecule has 1 aromatic heterocycles. The van der Waals surface area contributed by atoms with E-state index in [1.54, 1.807) is 29.2 Å². The minimum atomic E-state index is -1.57. The molecule has 0 fully saturated rings. The van der Waals surface area contributed by atoms with E-state index in [0.29, 0.717) is 16.7 Å². The van der Waals surface area contributed by atoms with Crippen molar-refractivity contribution in [1.82, 2.24) is 9.55 Å². The van der Waals surface area contributed by atoms with E-state index in [4.69, 9.17) is 15.3 Å². The first-order valence-corrected chi connectivity index (χ1v) is 5.03. The standard InChI is InChI=1S/C11H10BN3O2/c1-8-6-15(7-14-8)11-3-2-10(12(16)17)4-9(11)5-13/h2-4,6-7,16-17H,1H3. The van der Waals surface area contributed by atoms with Gasteiger partial charge in [0.1, 0.15) is 6.07 Å². The lowest BCUT2D eigenvalue weighted by Gasteiger charge is -2.06. The van der Waals surface area contributed by atoms with E-state index in [1.165, 1.54) is 6.07 Å². The van der Waals surface area contributed by atoms with E-state index >= 15 is 0 Å². The minimum Gasteiger partial charge on any atom is -0.423 e. The highest BCUT2D eigenvalue weighted by Gasteiger charge is 2.14. The molecule has 84 valence electrons. The maximum Gasteiger partial charge on any atom is 0.488 e. The molecule has 0 saturated heterocycles. The van der Waals surface area contributed by atoms with Gasteiger partial charge in [-0.1, -0.05) is 6.07 Å². The van der Waals surface area contributed by atoms with Crippen molar-refractivity contribution in [2.45, 2.75) is 6.92 Å². The molecule has 2 N–H and O–H groups in total. The fourth-order valence-electron chi connectivity index (χ4n) is 1.58. The van der Waals surface area contributed by atoms with Crippen LogP contribution >= 0.6 is 0 Å². The molecular weight excluding hydrogens is 217 g/mol. The van der Waals surface area contributed by atoms with Gasteiger partial charge in [-0.25, -0.2) is 4.98 Å². The van der Waals surface area contributed by atoms with Gasteiger partial charge in [0, 0.05) is 6.20 Å². The molecule has 2 aromatic rings. The molecule has 1 aromatic carbocycles. The molecule has 0 saturated carbocycles. The zero-order valence-electron chi connectivity index (χ0n) is 9.20. The topological polar surface area (TPSA) is 82.1 Å². The summed E-state index contributed by atoms with van der Waals surface area (Å²) >= 11 is 0. The quantitative estimate of drug-likeness (QED) is 0.692. The van der Waals surface area contributed by atoms with Crippen molar-refractivity contribution >= 4 is 12.6 Å². The predicted molar refractivity (Wildman–Crippen MR) is 62.8 cm³/mol. The number of hydrogen-bond donors (Lipinski definition) is 2. The van der Waals surface area contributed by atoms with Gasteiger partial charge in [0.05, 0.1) is 23.3 Å². The second-order valence-corrected chi connectivity index (χ2v) is 3.68. The van der Waals surface area contributed by atoms with Crippen molar-refractivity contribution in [3.05, 3.63) is 42.0 Å². The zero-order valence-corrected chi connectivity index (χ0v) is 9.20. The number of benzene rings is 1. The highest BCUT2D eigenvalue weighted by Crippen LogP contribution is 2.13. The third-order valence-electron chi connectivity index (χ3n) is 2.43. The van der Waals surface area contributed by atoms with Crippen molar-refractivity contribution in [3.63, 3.8) is 0 Å². The molecule has 0 amide bonds. The molecular formula is C11H10BN3O2. The van der Waals surface area contributed by atoms with Gasteiger partial charge >= 0.3 is 7.12 Å². The third-order valence-corrected chi connectivity index (χ3v) is 2.43. The monoisotopic (exact) mass is 227 g/mol. The van der Waals surface area contributed by atoms with E-state index in [-0.39, 0.29) is 0 Å². The van der Waals surface area contributed by atoms with Crippen molar-refractivity contribution < 1.29 is 10.0 Å². The molecule has 0 radical (unpaired) electrons. The fourth-order valence-corrected chi connectivity index (χ4v) is 1.58. The normalized spacial score (nSPS) is 10.0. The number of nitriles is 1.